The van der Waals surface area contributed by atoms with Gasteiger partial charge in [-0.3, -0.25) is 9.59 Å². The third kappa shape index (κ3) is 2.51. The highest BCUT2D eigenvalue weighted by molar-refractivity contribution is 5.91. The maximum Gasteiger partial charge on any atom is 0.314 e. The van der Waals surface area contributed by atoms with Gasteiger partial charge in [-0.15, -0.1) is 0 Å². The monoisotopic (exact) mass is 289 g/mol. The molecule has 0 aromatic carbocycles. The predicted octanol–water partition coefficient (Wildman–Crippen LogP) is -1.85. The summed E-state index contributed by atoms with van der Waals surface area (Å²) in [6.45, 7) is 3.00. The first kappa shape index (κ1) is 15.2. The molecule has 5 atom stereocenters. The molecule has 2 fully saturated rings. The van der Waals surface area contributed by atoms with Crippen LogP contribution in [0.25, 0.3) is 0 Å². The van der Waals surface area contributed by atoms with E-state index in [2.05, 4.69) is 10.1 Å². The molecular weight excluding hydrogens is 270 g/mol. The van der Waals surface area contributed by atoms with E-state index in [1.165, 1.54) is 7.11 Å². The summed E-state index contributed by atoms with van der Waals surface area (Å²) >= 11 is 0. The van der Waals surface area contributed by atoms with Crippen molar-refractivity contribution in [3.63, 3.8) is 0 Å². The molecular formula is C12H19NO7. The third-order valence-electron chi connectivity index (χ3n) is 3.53. The van der Waals surface area contributed by atoms with Gasteiger partial charge in [0.25, 0.3) is 0 Å². The van der Waals surface area contributed by atoms with Gasteiger partial charge in [0.1, 0.15) is 24.2 Å². The van der Waals surface area contributed by atoms with Crippen molar-refractivity contribution in [1.29, 1.82) is 0 Å². The summed E-state index contributed by atoms with van der Waals surface area (Å²) in [5.41, 5.74) is 0. The van der Waals surface area contributed by atoms with Gasteiger partial charge in [-0.1, -0.05) is 0 Å². The Labute approximate surface area is 116 Å². The lowest BCUT2D eigenvalue weighted by Crippen LogP contribution is -2.49. The van der Waals surface area contributed by atoms with E-state index in [9.17, 15) is 19.8 Å². The summed E-state index contributed by atoms with van der Waals surface area (Å²) in [4.78, 5) is 23.4. The molecule has 20 heavy (non-hydrogen) atoms. The number of carbonyl (C=O) groups is 2. The van der Waals surface area contributed by atoms with Crippen LogP contribution in [-0.4, -0.2) is 65.9 Å². The molecule has 8 nitrogen and oxygen atoms in total. The number of aliphatic hydroxyl groups excluding tert-OH is 2. The number of hydrogen-bond acceptors (Lipinski definition) is 7. The van der Waals surface area contributed by atoms with Gasteiger partial charge in [-0.05, 0) is 13.8 Å². The van der Waals surface area contributed by atoms with Crippen LogP contribution in [0, 0.1) is 5.92 Å². The Balaban J connectivity index is 2.25. The minimum absolute atomic E-state index is 0.329. The minimum Gasteiger partial charge on any atom is -0.469 e. The van der Waals surface area contributed by atoms with E-state index in [1.807, 2.05) is 0 Å². The number of hydrogen-bond donors (Lipinski definition) is 3. The molecule has 0 spiro atoms. The molecule has 3 N–H and O–H groups in total. The van der Waals surface area contributed by atoms with Crippen LogP contribution < -0.4 is 5.32 Å². The van der Waals surface area contributed by atoms with Crippen molar-refractivity contribution in [3.05, 3.63) is 0 Å². The largest absolute Gasteiger partial charge is 0.469 e. The number of methoxy groups -OCH3 is 1. The molecule has 0 radical (unpaired) electrons. The topological polar surface area (TPSA) is 114 Å². The number of ether oxygens (including phenoxy) is 3. The van der Waals surface area contributed by atoms with Gasteiger partial charge in [0.05, 0.1) is 19.8 Å². The van der Waals surface area contributed by atoms with E-state index in [4.69, 9.17) is 9.47 Å². The van der Waals surface area contributed by atoms with Gasteiger partial charge in [-0.2, -0.15) is 0 Å². The Morgan fingerprint density at radius 3 is 2.65 bits per heavy atom. The van der Waals surface area contributed by atoms with Crippen molar-refractivity contribution in [3.8, 4) is 0 Å². The highest BCUT2D eigenvalue weighted by atomic mass is 16.8. The van der Waals surface area contributed by atoms with Crippen molar-refractivity contribution >= 4 is 11.9 Å². The van der Waals surface area contributed by atoms with E-state index >= 15 is 0 Å². The van der Waals surface area contributed by atoms with Crippen molar-refractivity contribution in [2.75, 3.05) is 13.7 Å². The molecule has 2 aliphatic heterocycles. The molecule has 0 bridgehead atoms. The van der Waals surface area contributed by atoms with Crippen LogP contribution in [0.1, 0.15) is 13.8 Å². The van der Waals surface area contributed by atoms with Crippen molar-refractivity contribution < 1.29 is 34.0 Å². The van der Waals surface area contributed by atoms with E-state index in [1.54, 1.807) is 13.8 Å². The summed E-state index contributed by atoms with van der Waals surface area (Å²) in [6.07, 6.45) is -2.95. The first-order valence-corrected chi connectivity index (χ1v) is 6.33. The van der Waals surface area contributed by atoms with E-state index in [-0.39, 0.29) is 6.61 Å². The zero-order chi connectivity index (χ0) is 15.1. The van der Waals surface area contributed by atoms with Crippen LogP contribution in [0.2, 0.25) is 0 Å². The molecule has 0 unspecified atom stereocenters. The van der Waals surface area contributed by atoms with Crippen molar-refractivity contribution in [2.24, 2.45) is 5.92 Å². The van der Waals surface area contributed by atoms with Gasteiger partial charge >= 0.3 is 5.97 Å². The smallest absolute Gasteiger partial charge is 0.314 e. The summed E-state index contributed by atoms with van der Waals surface area (Å²) in [5.74, 6) is -3.43. The fraction of sp³-hybridized carbons (Fsp3) is 0.833. The Hall–Kier alpha value is -1.22. The number of esters is 1. The summed E-state index contributed by atoms with van der Waals surface area (Å²) in [7, 11) is 1.17. The highest BCUT2D eigenvalue weighted by Gasteiger charge is 2.55. The second-order valence-electron chi connectivity index (χ2n) is 5.35. The number of carbonyl (C=O) groups excluding carboxylic acids is 2. The second-order valence-corrected chi connectivity index (χ2v) is 5.35. The number of amides is 1. The van der Waals surface area contributed by atoms with Crippen molar-refractivity contribution in [2.45, 2.75) is 44.0 Å². The quantitative estimate of drug-likeness (QED) is 0.522. The summed E-state index contributed by atoms with van der Waals surface area (Å²) in [6, 6.07) is -0.816. The van der Waals surface area contributed by atoms with Crippen LogP contribution in [0.15, 0.2) is 0 Å². The molecule has 8 heteroatoms. The summed E-state index contributed by atoms with van der Waals surface area (Å²) in [5, 5.41) is 21.7. The lowest BCUT2D eigenvalue weighted by atomic mass is 9.92. The lowest BCUT2D eigenvalue weighted by Gasteiger charge is -2.26. The number of nitrogens with one attached hydrogen (secondary N) is 1. The standard InChI is InChI=1S/C12H19NO7/c1-12(2)19-5(4-14)9(20-12)7-6(11(17)18-3)8(15)10(16)13-7/h5-9,14-15H,4H2,1-3H3,(H,13,16)/t5-,6-,7+,8+,9-/m1/s1. The van der Waals surface area contributed by atoms with Crippen LogP contribution in [0.4, 0.5) is 0 Å². The molecule has 0 saturated carbocycles. The lowest BCUT2D eigenvalue weighted by molar-refractivity contribution is -0.158. The maximum atomic E-state index is 11.8. The number of rotatable bonds is 3. The SMILES string of the molecule is COC(=O)[C@@H]1[C@@H]([C@@H]2OC(C)(C)O[C@@H]2CO)NC(=O)[C@H]1O. The molecule has 2 aliphatic rings. The molecule has 2 heterocycles. The maximum absolute atomic E-state index is 11.8. The fourth-order valence-corrected chi connectivity index (χ4v) is 2.71. The van der Waals surface area contributed by atoms with E-state index in [0.717, 1.165) is 0 Å². The number of aliphatic hydroxyl groups is 2. The van der Waals surface area contributed by atoms with E-state index < -0.39 is 47.9 Å². The predicted molar refractivity (Wildman–Crippen MR) is 64.4 cm³/mol. The van der Waals surface area contributed by atoms with Gasteiger partial charge in [0.2, 0.25) is 5.91 Å². The van der Waals surface area contributed by atoms with Crippen LogP contribution in [0.3, 0.4) is 0 Å². The Morgan fingerprint density at radius 1 is 1.45 bits per heavy atom. The van der Waals surface area contributed by atoms with Gasteiger partial charge in [0, 0.05) is 0 Å². The fourth-order valence-electron chi connectivity index (χ4n) is 2.71. The highest BCUT2D eigenvalue weighted by Crippen LogP contribution is 2.34. The minimum atomic E-state index is -1.50. The zero-order valence-electron chi connectivity index (χ0n) is 11.5. The molecule has 1 amide bonds. The van der Waals surface area contributed by atoms with Crippen molar-refractivity contribution in [1.82, 2.24) is 5.32 Å². The van der Waals surface area contributed by atoms with E-state index in [0.29, 0.717) is 0 Å². The average Bonchev–Trinajstić information content (AvgIpc) is 2.86. The molecule has 0 aromatic heterocycles. The van der Waals surface area contributed by atoms with Gasteiger partial charge < -0.3 is 29.7 Å². The molecule has 114 valence electrons. The van der Waals surface area contributed by atoms with Crippen LogP contribution >= 0.6 is 0 Å². The Bertz CT molecular complexity index is 411. The van der Waals surface area contributed by atoms with Gasteiger partial charge in [0.15, 0.2) is 5.79 Å². The summed E-state index contributed by atoms with van der Waals surface area (Å²) < 4.78 is 15.8. The second kappa shape index (κ2) is 5.28. The first-order chi connectivity index (χ1) is 9.30. The van der Waals surface area contributed by atoms with Crippen LogP contribution in [-0.2, 0) is 23.8 Å². The molecule has 2 saturated heterocycles. The normalized spacial score (nSPS) is 39.6. The zero-order valence-corrected chi connectivity index (χ0v) is 11.5. The molecule has 0 aliphatic carbocycles. The Kier molecular flexibility index (Phi) is 4.01. The van der Waals surface area contributed by atoms with Gasteiger partial charge in [-0.25, -0.2) is 0 Å². The molecule has 2 rings (SSSR count). The molecule has 0 aromatic rings. The average molecular weight is 289 g/mol. The first-order valence-electron chi connectivity index (χ1n) is 6.33. The third-order valence-corrected chi connectivity index (χ3v) is 3.53. The van der Waals surface area contributed by atoms with Crippen LogP contribution in [0.5, 0.6) is 0 Å². The Morgan fingerprint density at radius 2 is 2.10 bits per heavy atom.